The minimum Gasteiger partial charge on any atom is -0.351 e. The highest BCUT2D eigenvalue weighted by Gasteiger charge is 2.25. The van der Waals surface area contributed by atoms with Crippen LogP contribution in [0.2, 0.25) is 0 Å². The lowest BCUT2D eigenvalue weighted by Crippen LogP contribution is -2.24. The topological polar surface area (TPSA) is 53.5 Å². The van der Waals surface area contributed by atoms with E-state index in [2.05, 4.69) is 25.2 Å². The molecular weight excluding hydrogens is 182 g/mol. The van der Waals surface area contributed by atoms with Gasteiger partial charge in [-0.1, -0.05) is 0 Å². The Balaban J connectivity index is 2.45. The summed E-state index contributed by atoms with van der Waals surface area (Å²) in [5.74, 6) is 1.62. The zero-order valence-electron chi connectivity index (χ0n) is 8.48. The number of hydrogen-bond donors (Lipinski definition) is 1. The second-order valence-corrected chi connectivity index (χ2v) is 3.24. The fourth-order valence-corrected chi connectivity index (χ4v) is 1.63. The van der Waals surface area contributed by atoms with Gasteiger partial charge in [0, 0.05) is 14.1 Å². The normalized spacial score (nSPS) is 14.5. The molecule has 0 bridgehead atoms. The van der Waals surface area contributed by atoms with Crippen LogP contribution in [0.5, 0.6) is 0 Å². The summed E-state index contributed by atoms with van der Waals surface area (Å²) in [5, 5.41) is 0. The highest BCUT2D eigenvalue weighted by molar-refractivity contribution is 5.81. The van der Waals surface area contributed by atoms with Gasteiger partial charge in [0.15, 0.2) is 11.6 Å². The Kier molecular flexibility index (Phi) is 2.12. The van der Waals surface area contributed by atoms with Gasteiger partial charge in [0.05, 0.1) is 13.8 Å². The summed E-state index contributed by atoms with van der Waals surface area (Å²) < 4.78 is 0. The molecular formula is C8H13N5O. The number of rotatable bonds is 2. The maximum Gasteiger partial charge on any atom is 0.179 e. The summed E-state index contributed by atoms with van der Waals surface area (Å²) in [6.07, 6.45) is 1.52. The minimum atomic E-state index is 0.698. The Morgan fingerprint density at radius 1 is 1.36 bits per heavy atom. The van der Waals surface area contributed by atoms with E-state index in [1.807, 2.05) is 14.1 Å². The Morgan fingerprint density at radius 3 is 2.86 bits per heavy atom. The average molecular weight is 195 g/mol. The number of fused-ring (bicyclic) bond motifs is 1. The van der Waals surface area contributed by atoms with Crippen LogP contribution in [0.25, 0.3) is 0 Å². The number of nitrogens with zero attached hydrogens (tertiary/aromatic N) is 4. The van der Waals surface area contributed by atoms with Crippen LogP contribution >= 0.6 is 0 Å². The Hall–Kier alpha value is -1.56. The van der Waals surface area contributed by atoms with E-state index in [9.17, 15) is 0 Å². The summed E-state index contributed by atoms with van der Waals surface area (Å²) in [5.41, 5.74) is 3.71. The lowest BCUT2D eigenvalue weighted by Gasteiger charge is -2.13. The van der Waals surface area contributed by atoms with E-state index in [1.165, 1.54) is 6.33 Å². The molecule has 0 spiro atoms. The molecule has 0 fully saturated rings. The van der Waals surface area contributed by atoms with Crippen molar-refractivity contribution < 1.29 is 4.84 Å². The lowest BCUT2D eigenvalue weighted by atomic mass is 10.4. The first-order valence-electron chi connectivity index (χ1n) is 4.30. The Bertz CT molecular complexity index is 343. The van der Waals surface area contributed by atoms with Crippen molar-refractivity contribution in [3.63, 3.8) is 0 Å². The number of hydrogen-bond acceptors (Lipinski definition) is 6. The van der Waals surface area contributed by atoms with Gasteiger partial charge in [-0.25, -0.2) is 15.4 Å². The van der Waals surface area contributed by atoms with Crippen molar-refractivity contribution in [3.8, 4) is 0 Å². The highest BCUT2D eigenvalue weighted by atomic mass is 16.6. The van der Waals surface area contributed by atoms with Crippen LogP contribution in [0, 0.1) is 0 Å². The summed E-state index contributed by atoms with van der Waals surface area (Å²) in [6, 6.07) is 0. The van der Waals surface area contributed by atoms with Crippen molar-refractivity contribution in [1.82, 2.24) is 9.97 Å². The predicted octanol–water partition coefficient (Wildman–Crippen LogP) is 0.293. The van der Waals surface area contributed by atoms with E-state index in [0.29, 0.717) is 5.82 Å². The summed E-state index contributed by atoms with van der Waals surface area (Å²) in [7, 11) is 5.55. The van der Waals surface area contributed by atoms with Gasteiger partial charge in [-0.15, -0.1) is 0 Å². The lowest BCUT2D eigenvalue weighted by molar-refractivity contribution is 0.269. The van der Waals surface area contributed by atoms with Gasteiger partial charge in [-0.3, -0.25) is 4.84 Å². The van der Waals surface area contributed by atoms with Crippen molar-refractivity contribution in [2.24, 2.45) is 0 Å². The molecule has 0 radical (unpaired) electrons. The molecule has 2 rings (SSSR count). The molecule has 1 aliphatic heterocycles. The summed E-state index contributed by atoms with van der Waals surface area (Å²) in [6.45, 7) is 0.812. The molecule has 6 heteroatoms. The van der Waals surface area contributed by atoms with Crippen LogP contribution in [0.15, 0.2) is 6.33 Å². The van der Waals surface area contributed by atoms with Crippen molar-refractivity contribution in [2.75, 3.05) is 43.2 Å². The van der Waals surface area contributed by atoms with Crippen molar-refractivity contribution in [1.29, 1.82) is 0 Å². The standard InChI is InChI=1S/C8H13N5O/c1-12-5-13(2)8-6(12)7(11-14-3)9-4-10-8/h4H,5H2,1-3H3,(H,9,10,11). The van der Waals surface area contributed by atoms with Gasteiger partial charge >= 0.3 is 0 Å². The SMILES string of the molecule is CONc1ncnc2c1N(C)CN2C. The highest BCUT2D eigenvalue weighted by Crippen LogP contribution is 2.36. The average Bonchev–Trinajstić information content (AvgIpc) is 2.44. The van der Waals surface area contributed by atoms with Gasteiger partial charge in [-0.05, 0) is 0 Å². The fourth-order valence-electron chi connectivity index (χ4n) is 1.63. The number of anilines is 3. The molecule has 1 N–H and O–H groups in total. The number of nitrogens with one attached hydrogen (secondary N) is 1. The van der Waals surface area contributed by atoms with Gasteiger partial charge in [0.25, 0.3) is 0 Å². The zero-order valence-corrected chi connectivity index (χ0v) is 8.48. The van der Waals surface area contributed by atoms with Gasteiger partial charge in [0.1, 0.15) is 12.0 Å². The molecule has 76 valence electrons. The molecule has 0 atom stereocenters. The molecule has 1 aromatic heterocycles. The van der Waals surface area contributed by atoms with Gasteiger partial charge in [-0.2, -0.15) is 0 Å². The molecule has 0 saturated carbocycles. The second-order valence-electron chi connectivity index (χ2n) is 3.24. The van der Waals surface area contributed by atoms with Gasteiger partial charge < -0.3 is 9.80 Å². The minimum absolute atomic E-state index is 0.698. The first-order valence-corrected chi connectivity index (χ1v) is 4.30. The van der Waals surface area contributed by atoms with Gasteiger partial charge in [0.2, 0.25) is 0 Å². The van der Waals surface area contributed by atoms with Crippen molar-refractivity contribution in [2.45, 2.75) is 0 Å². The third-order valence-corrected chi connectivity index (χ3v) is 2.17. The smallest absolute Gasteiger partial charge is 0.179 e. The van der Waals surface area contributed by atoms with Crippen molar-refractivity contribution >= 4 is 17.3 Å². The van der Waals surface area contributed by atoms with Crippen LogP contribution in [0.1, 0.15) is 0 Å². The summed E-state index contributed by atoms with van der Waals surface area (Å²) >= 11 is 0. The third-order valence-electron chi connectivity index (χ3n) is 2.17. The zero-order chi connectivity index (χ0) is 10.1. The first kappa shape index (κ1) is 9.01. The van der Waals surface area contributed by atoms with Crippen LogP contribution in [0.3, 0.4) is 0 Å². The molecule has 2 heterocycles. The van der Waals surface area contributed by atoms with Crippen LogP contribution in [-0.4, -0.2) is 37.8 Å². The van der Waals surface area contributed by atoms with E-state index < -0.39 is 0 Å². The van der Waals surface area contributed by atoms with Crippen LogP contribution in [0.4, 0.5) is 17.3 Å². The predicted molar refractivity (Wildman–Crippen MR) is 54.3 cm³/mol. The van der Waals surface area contributed by atoms with Crippen LogP contribution in [-0.2, 0) is 4.84 Å². The van der Waals surface area contributed by atoms with E-state index in [1.54, 1.807) is 7.11 Å². The van der Waals surface area contributed by atoms with E-state index >= 15 is 0 Å². The molecule has 14 heavy (non-hydrogen) atoms. The largest absolute Gasteiger partial charge is 0.351 e. The first-order chi connectivity index (χ1) is 6.74. The molecule has 6 nitrogen and oxygen atoms in total. The Morgan fingerprint density at radius 2 is 2.14 bits per heavy atom. The monoisotopic (exact) mass is 195 g/mol. The summed E-state index contributed by atoms with van der Waals surface area (Å²) in [4.78, 5) is 17.3. The molecule has 0 saturated heterocycles. The molecule has 0 aromatic carbocycles. The van der Waals surface area contributed by atoms with Crippen molar-refractivity contribution in [3.05, 3.63) is 6.33 Å². The van der Waals surface area contributed by atoms with E-state index in [0.717, 1.165) is 18.2 Å². The molecule has 0 amide bonds. The van der Waals surface area contributed by atoms with Crippen LogP contribution < -0.4 is 15.3 Å². The quantitative estimate of drug-likeness (QED) is 0.685. The maximum atomic E-state index is 4.85. The molecule has 0 aliphatic carbocycles. The maximum absolute atomic E-state index is 4.85. The van der Waals surface area contributed by atoms with E-state index in [-0.39, 0.29) is 0 Å². The number of aromatic nitrogens is 2. The molecule has 0 unspecified atom stereocenters. The third kappa shape index (κ3) is 1.24. The molecule has 1 aliphatic rings. The van der Waals surface area contributed by atoms with E-state index in [4.69, 9.17) is 4.84 Å². The Labute approximate surface area is 82.5 Å². The fraction of sp³-hybridized carbons (Fsp3) is 0.500. The molecule has 1 aromatic rings. The second kappa shape index (κ2) is 3.30.